The third kappa shape index (κ3) is 4.43. The molecule has 0 fully saturated rings. The molecule has 3 aromatic rings. The Balaban J connectivity index is 1.95. The molecule has 1 N–H and O–H groups in total. The molecule has 0 radical (unpaired) electrons. The van der Waals surface area contributed by atoms with Crippen molar-refractivity contribution in [2.24, 2.45) is 0 Å². The Hall–Kier alpha value is -2.35. The van der Waals surface area contributed by atoms with Gasteiger partial charge in [0.25, 0.3) is 0 Å². The average molecular weight is 388 g/mol. The van der Waals surface area contributed by atoms with Crippen molar-refractivity contribution < 1.29 is 4.79 Å². The first kappa shape index (κ1) is 18.4. The van der Waals surface area contributed by atoms with Crippen LogP contribution in [0.25, 0.3) is 17.1 Å². The molecule has 6 nitrogen and oxygen atoms in total. The maximum Gasteiger partial charge on any atom is 0.244 e. The predicted octanol–water partition coefficient (Wildman–Crippen LogP) is 3.27. The van der Waals surface area contributed by atoms with Crippen molar-refractivity contribution in [1.82, 2.24) is 25.2 Å². The molecule has 0 bridgehead atoms. The number of carbonyl (C=O) groups is 1. The summed E-state index contributed by atoms with van der Waals surface area (Å²) in [6.45, 7) is 0. The summed E-state index contributed by atoms with van der Waals surface area (Å²) in [5, 5.41) is 11.5. The van der Waals surface area contributed by atoms with Gasteiger partial charge in [-0.1, -0.05) is 53.7 Å². The highest BCUT2D eigenvalue weighted by Gasteiger charge is 2.17. The first-order chi connectivity index (χ1) is 12.5. The molecule has 0 saturated carbocycles. The van der Waals surface area contributed by atoms with Crippen molar-refractivity contribution in [3.05, 3.63) is 59.6 Å². The molecule has 0 unspecified atom stereocenters. The highest BCUT2D eigenvalue weighted by molar-refractivity contribution is 7.99. The fraction of sp³-hybridized carbons (Fsp3) is 0.167. The number of hydrogen-bond donors (Lipinski definition) is 1. The summed E-state index contributed by atoms with van der Waals surface area (Å²) in [7, 11) is 3.54. The number of aromatic nitrogens is 3. The summed E-state index contributed by atoms with van der Waals surface area (Å²) in [5.41, 5.74) is 4.54. The number of amides is 1. The second-order valence-corrected chi connectivity index (χ2v) is 7.08. The van der Waals surface area contributed by atoms with Crippen molar-refractivity contribution in [2.45, 2.75) is 5.16 Å². The van der Waals surface area contributed by atoms with Crippen LogP contribution in [-0.4, -0.2) is 45.5 Å². The van der Waals surface area contributed by atoms with Gasteiger partial charge in [-0.3, -0.25) is 14.8 Å². The maximum absolute atomic E-state index is 11.9. The number of nitrogens with zero attached hydrogens (tertiary/aromatic N) is 4. The van der Waals surface area contributed by atoms with Crippen LogP contribution in [0.3, 0.4) is 0 Å². The van der Waals surface area contributed by atoms with Crippen LogP contribution >= 0.6 is 23.4 Å². The second kappa shape index (κ2) is 8.35. The van der Waals surface area contributed by atoms with E-state index in [-0.39, 0.29) is 11.7 Å². The molecule has 0 spiro atoms. The van der Waals surface area contributed by atoms with Crippen LogP contribution in [0.5, 0.6) is 0 Å². The maximum atomic E-state index is 11.9. The van der Waals surface area contributed by atoms with Gasteiger partial charge in [-0.2, -0.15) is 0 Å². The number of hydrogen-bond acceptors (Lipinski definition) is 5. The molecule has 0 aliphatic carbocycles. The van der Waals surface area contributed by atoms with Gasteiger partial charge < -0.3 is 0 Å². The molecule has 134 valence electrons. The Bertz CT molecular complexity index is 880. The van der Waals surface area contributed by atoms with Gasteiger partial charge >= 0.3 is 0 Å². The Labute approximate surface area is 161 Å². The van der Waals surface area contributed by atoms with E-state index in [4.69, 9.17) is 11.6 Å². The van der Waals surface area contributed by atoms with Crippen molar-refractivity contribution in [2.75, 3.05) is 19.8 Å². The SMILES string of the molecule is CN(C)NC(=O)CSc1nnc(-c2ccccc2)n1-c1ccc(Cl)cc1. The summed E-state index contributed by atoms with van der Waals surface area (Å²) in [6, 6.07) is 17.3. The number of carbonyl (C=O) groups excluding carboxylic acids is 1. The van der Waals surface area contributed by atoms with E-state index < -0.39 is 0 Å². The van der Waals surface area contributed by atoms with E-state index in [0.29, 0.717) is 16.0 Å². The highest BCUT2D eigenvalue weighted by atomic mass is 35.5. The van der Waals surface area contributed by atoms with Crippen LogP contribution in [0.4, 0.5) is 0 Å². The fourth-order valence-electron chi connectivity index (χ4n) is 2.37. The second-order valence-electron chi connectivity index (χ2n) is 5.70. The van der Waals surface area contributed by atoms with Crippen LogP contribution in [0.1, 0.15) is 0 Å². The van der Waals surface area contributed by atoms with Gasteiger partial charge in [-0.25, -0.2) is 5.01 Å². The summed E-state index contributed by atoms with van der Waals surface area (Å²) >= 11 is 7.35. The first-order valence-electron chi connectivity index (χ1n) is 7.91. The molecule has 1 amide bonds. The predicted molar refractivity (Wildman–Crippen MR) is 104 cm³/mol. The molecule has 2 aromatic carbocycles. The molecule has 1 heterocycles. The summed E-state index contributed by atoms with van der Waals surface area (Å²) in [5.74, 6) is 0.842. The summed E-state index contributed by atoms with van der Waals surface area (Å²) < 4.78 is 1.93. The molecular weight excluding hydrogens is 370 g/mol. The van der Waals surface area contributed by atoms with E-state index in [1.54, 1.807) is 19.1 Å². The van der Waals surface area contributed by atoms with Gasteiger partial charge in [-0.15, -0.1) is 10.2 Å². The van der Waals surface area contributed by atoms with E-state index in [1.807, 2.05) is 59.2 Å². The van der Waals surface area contributed by atoms with Crippen LogP contribution in [-0.2, 0) is 4.79 Å². The molecule has 1 aromatic heterocycles. The Morgan fingerprint density at radius 3 is 2.46 bits per heavy atom. The molecule has 8 heteroatoms. The van der Waals surface area contributed by atoms with Crippen LogP contribution in [0.15, 0.2) is 59.8 Å². The van der Waals surface area contributed by atoms with Crippen molar-refractivity contribution in [3.8, 4) is 17.1 Å². The van der Waals surface area contributed by atoms with Gasteiger partial charge in [0.15, 0.2) is 11.0 Å². The highest BCUT2D eigenvalue weighted by Crippen LogP contribution is 2.28. The third-order valence-electron chi connectivity index (χ3n) is 3.43. The van der Waals surface area contributed by atoms with E-state index in [2.05, 4.69) is 15.6 Å². The minimum atomic E-state index is -0.105. The van der Waals surface area contributed by atoms with Gasteiger partial charge in [0.2, 0.25) is 5.91 Å². The number of rotatable bonds is 6. The Kier molecular flexibility index (Phi) is 5.92. The molecule has 0 aliphatic heterocycles. The standard InChI is InChI=1S/C18H18ClN5OS/c1-23(2)22-16(25)12-26-18-21-20-17(13-6-4-3-5-7-13)24(18)15-10-8-14(19)9-11-15/h3-11H,12H2,1-2H3,(H,22,25). The molecule has 0 atom stereocenters. The number of benzene rings is 2. The topological polar surface area (TPSA) is 63.1 Å². The summed E-state index contributed by atoms with van der Waals surface area (Å²) in [4.78, 5) is 11.9. The van der Waals surface area contributed by atoms with Gasteiger partial charge in [0.05, 0.1) is 5.75 Å². The van der Waals surface area contributed by atoms with Crippen molar-refractivity contribution in [3.63, 3.8) is 0 Å². The quantitative estimate of drug-likeness (QED) is 0.519. The largest absolute Gasteiger partial charge is 0.289 e. The van der Waals surface area contributed by atoms with E-state index in [1.165, 1.54) is 11.8 Å². The minimum Gasteiger partial charge on any atom is -0.289 e. The number of thioether (sulfide) groups is 1. The Morgan fingerprint density at radius 1 is 1.12 bits per heavy atom. The Morgan fingerprint density at radius 2 is 1.81 bits per heavy atom. The monoisotopic (exact) mass is 387 g/mol. The molecule has 0 aliphatic rings. The lowest BCUT2D eigenvalue weighted by atomic mass is 10.2. The third-order valence-corrected chi connectivity index (χ3v) is 4.61. The fourth-order valence-corrected chi connectivity index (χ4v) is 3.24. The first-order valence-corrected chi connectivity index (χ1v) is 9.27. The minimum absolute atomic E-state index is 0.105. The zero-order valence-electron chi connectivity index (χ0n) is 14.4. The summed E-state index contributed by atoms with van der Waals surface area (Å²) in [6.07, 6.45) is 0. The molecule has 26 heavy (non-hydrogen) atoms. The van der Waals surface area contributed by atoms with E-state index >= 15 is 0 Å². The number of halogens is 1. The smallest absolute Gasteiger partial charge is 0.244 e. The van der Waals surface area contributed by atoms with E-state index in [0.717, 1.165) is 11.3 Å². The zero-order valence-corrected chi connectivity index (χ0v) is 16.0. The van der Waals surface area contributed by atoms with Crippen molar-refractivity contribution in [1.29, 1.82) is 0 Å². The lowest BCUT2D eigenvalue weighted by Gasteiger charge is -2.12. The number of hydrazine groups is 1. The van der Waals surface area contributed by atoms with Crippen LogP contribution < -0.4 is 5.43 Å². The van der Waals surface area contributed by atoms with Crippen molar-refractivity contribution >= 4 is 29.3 Å². The number of nitrogens with one attached hydrogen (secondary N) is 1. The lowest BCUT2D eigenvalue weighted by Crippen LogP contribution is -2.37. The molecular formula is C18H18ClN5OS. The van der Waals surface area contributed by atoms with Gasteiger partial charge in [0.1, 0.15) is 0 Å². The van der Waals surface area contributed by atoms with Gasteiger partial charge in [-0.05, 0) is 24.3 Å². The lowest BCUT2D eigenvalue weighted by molar-refractivity contribution is -0.122. The zero-order chi connectivity index (χ0) is 18.5. The van der Waals surface area contributed by atoms with E-state index in [9.17, 15) is 4.79 Å². The van der Waals surface area contributed by atoms with Crippen LogP contribution in [0.2, 0.25) is 5.02 Å². The normalized spacial score (nSPS) is 10.9. The average Bonchev–Trinajstić information content (AvgIpc) is 3.05. The molecule has 3 rings (SSSR count). The van der Waals surface area contributed by atoms with Crippen LogP contribution in [0, 0.1) is 0 Å². The van der Waals surface area contributed by atoms with Gasteiger partial charge in [0, 0.05) is 30.4 Å². The molecule has 0 saturated heterocycles.